The zero-order valence-corrected chi connectivity index (χ0v) is 12.0. The third-order valence-electron chi connectivity index (χ3n) is 4.27. The summed E-state index contributed by atoms with van der Waals surface area (Å²) in [5.74, 6) is 1.25. The van der Waals surface area contributed by atoms with E-state index in [4.69, 9.17) is 0 Å². The van der Waals surface area contributed by atoms with Crippen LogP contribution in [0.5, 0.6) is 0 Å². The van der Waals surface area contributed by atoms with Crippen molar-refractivity contribution >= 4 is 11.8 Å². The maximum absolute atomic E-state index is 4.40. The van der Waals surface area contributed by atoms with Crippen molar-refractivity contribution in [3.8, 4) is 0 Å². The first kappa shape index (κ1) is 12.5. The molecular formula is C14H23N3S. The van der Waals surface area contributed by atoms with Crippen molar-refractivity contribution in [2.75, 3.05) is 12.3 Å². The summed E-state index contributed by atoms with van der Waals surface area (Å²) in [4.78, 5) is 4.40. The standard InChI is InChI=1S/C14H23N3S/c1-2-18-12-6-5-11(8-12)17-10-15-9-14(17)13-4-3-7-16-13/h9-13,16H,2-8H2,1H3/t11?,12?,13-/m0/s1. The molecule has 1 aliphatic heterocycles. The Morgan fingerprint density at radius 3 is 3.17 bits per heavy atom. The molecule has 18 heavy (non-hydrogen) atoms. The number of thioether (sulfide) groups is 1. The van der Waals surface area contributed by atoms with Crippen molar-refractivity contribution < 1.29 is 0 Å². The second-order valence-electron chi connectivity index (χ2n) is 5.42. The Hall–Kier alpha value is -0.480. The SMILES string of the molecule is CCSC1CCC(n2cncc2[C@@H]2CCCN2)C1. The first-order valence-electron chi connectivity index (χ1n) is 7.25. The number of rotatable bonds is 4. The summed E-state index contributed by atoms with van der Waals surface area (Å²) in [6.45, 7) is 3.43. The van der Waals surface area contributed by atoms with Crippen LogP contribution in [0.2, 0.25) is 0 Å². The predicted molar refractivity (Wildman–Crippen MR) is 77.0 cm³/mol. The highest BCUT2D eigenvalue weighted by atomic mass is 32.2. The number of nitrogens with zero attached hydrogens (tertiary/aromatic N) is 2. The second-order valence-corrected chi connectivity index (χ2v) is 7.00. The van der Waals surface area contributed by atoms with Crippen molar-refractivity contribution in [1.29, 1.82) is 0 Å². The third kappa shape index (κ3) is 2.45. The molecule has 0 amide bonds. The average Bonchev–Trinajstić information content (AvgIpc) is 3.10. The summed E-state index contributed by atoms with van der Waals surface area (Å²) < 4.78 is 2.46. The van der Waals surface area contributed by atoms with Gasteiger partial charge < -0.3 is 9.88 Å². The van der Waals surface area contributed by atoms with E-state index in [0.29, 0.717) is 12.1 Å². The van der Waals surface area contributed by atoms with Gasteiger partial charge in [0.15, 0.2) is 0 Å². The van der Waals surface area contributed by atoms with Gasteiger partial charge in [-0.1, -0.05) is 6.92 Å². The van der Waals surface area contributed by atoms with Gasteiger partial charge in [-0.3, -0.25) is 0 Å². The first-order chi connectivity index (χ1) is 8.88. The molecule has 2 heterocycles. The maximum atomic E-state index is 4.40. The molecule has 1 N–H and O–H groups in total. The Morgan fingerprint density at radius 2 is 2.39 bits per heavy atom. The molecule has 0 spiro atoms. The lowest BCUT2D eigenvalue weighted by molar-refractivity contribution is 0.472. The fourth-order valence-corrected chi connectivity index (χ4v) is 4.52. The lowest BCUT2D eigenvalue weighted by Gasteiger charge is -2.19. The van der Waals surface area contributed by atoms with E-state index in [1.165, 1.54) is 43.6 Å². The number of imidazole rings is 1. The summed E-state index contributed by atoms with van der Waals surface area (Å²) in [5.41, 5.74) is 1.42. The molecule has 2 aliphatic rings. The fourth-order valence-electron chi connectivity index (χ4n) is 3.38. The minimum absolute atomic E-state index is 0.547. The first-order valence-corrected chi connectivity index (χ1v) is 8.30. The van der Waals surface area contributed by atoms with Gasteiger partial charge in [0.1, 0.15) is 0 Å². The molecule has 3 nitrogen and oxygen atoms in total. The van der Waals surface area contributed by atoms with Gasteiger partial charge >= 0.3 is 0 Å². The monoisotopic (exact) mass is 265 g/mol. The highest BCUT2D eigenvalue weighted by Crippen LogP contribution is 2.38. The van der Waals surface area contributed by atoms with Gasteiger partial charge in [-0.2, -0.15) is 11.8 Å². The number of hydrogen-bond donors (Lipinski definition) is 1. The minimum Gasteiger partial charge on any atom is -0.330 e. The van der Waals surface area contributed by atoms with Crippen LogP contribution in [0, 0.1) is 0 Å². The summed E-state index contributed by atoms with van der Waals surface area (Å²) in [6, 6.07) is 1.24. The van der Waals surface area contributed by atoms with Crippen molar-refractivity contribution in [2.24, 2.45) is 0 Å². The number of aromatic nitrogens is 2. The largest absolute Gasteiger partial charge is 0.330 e. The van der Waals surface area contributed by atoms with Gasteiger partial charge in [0, 0.05) is 23.5 Å². The third-order valence-corrected chi connectivity index (χ3v) is 5.50. The van der Waals surface area contributed by atoms with Gasteiger partial charge in [0.2, 0.25) is 0 Å². The van der Waals surface area contributed by atoms with Crippen LogP contribution in [-0.2, 0) is 0 Å². The highest BCUT2D eigenvalue weighted by molar-refractivity contribution is 7.99. The highest BCUT2D eigenvalue weighted by Gasteiger charge is 2.29. The molecule has 2 fully saturated rings. The van der Waals surface area contributed by atoms with Crippen molar-refractivity contribution in [3.05, 3.63) is 18.2 Å². The molecular weight excluding hydrogens is 242 g/mol. The zero-order valence-electron chi connectivity index (χ0n) is 11.1. The van der Waals surface area contributed by atoms with Crippen LogP contribution in [0.25, 0.3) is 0 Å². The topological polar surface area (TPSA) is 29.9 Å². The van der Waals surface area contributed by atoms with Crippen LogP contribution in [0.4, 0.5) is 0 Å². The normalized spacial score (nSPS) is 32.2. The number of hydrogen-bond acceptors (Lipinski definition) is 3. The van der Waals surface area contributed by atoms with Crippen LogP contribution >= 0.6 is 11.8 Å². The lowest BCUT2D eigenvalue weighted by Crippen LogP contribution is -2.18. The van der Waals surface area contributed by atoms with Gasteiger partial charge in [0.05, 0.1) is 12.0 Å². The second kappa shape index (κ2) is 5.66. The molecule has 1 saturated heterocycles. The zero-order chi connectivity index (χ0) is 12.4. The van der Waals surface area contributed by atoms with E-state index in [2.05, 4.69) is 46.1 Å². The van der Waals surface area contributed by atoms with Crippen LogP contribution < -0.4 is 5.32 Å². The molecule has 1 aromatic heterocycles. The molecule has 0 bridgehead atoms. The van der Waals surface area contributed by atoms with Crippen LogP contribution in [0.1, 0.15) is 56.8 Å². The van der Waals surface area contributed by atoms with E-state index in [0.717, 1.165) is 11.8 Å². The van der Waals surface area contributed by atoms with Gasteiger partial charge in [0.25, 0.3) is 0 Å². The molecule has 2 unspecified atom stereocenters. The maximum Gasteiger partial charge on any atom is 0.0951 e. The van der Waals surface area contributed by atoms with E-state index in [-0.39, 0.29) is 0 Å². The van der Waals surface area contributed by atoms with E-state index in [1.807, 2.05) is 0 Å². The summed E-state index contributed by atoms with van der Waals surface area (Å²) in [6.07, 6.45) is 10.7. The van der Waals surface area contributed by atoms with Crippen LogP contribution in [0.15, 0.2) is 12.5 Å². The van der Waals surface area contributed by atoms with E-state index < -0.39 is 0 Å². The van der Waals surface area contributed by atoms with Crippen molar-refractivity contribution in [3.63, 3.8) is 0 Å². The average molecular weight is 265 g/mol. The minimum atomic E-state index is 0.547. The summed E-state index contributed by atoms with van der Waals surface area (Å²) >= 11 is 2.13. The summed E-state index contributed by atoms with van der Waals surface area (Å²) in [7, 11) is 0. The predicted octanol–water partition coefficient (Wildman–Crippen LogP) is 3.15. The Labute approximate surface area is 114 Å². The van der Waals surface area contributed by atoms with E-state index in [9.17, 15) is 0 Å². The fraction of sp³-hybridized carbons (Fsp3) is 0.786. The molecule has 1 aromatic rings. The Bertz CT molecular complexity index is 384. The van der Waals surface area contributed by atoms with Crippen LogP contribution in [0.3, 0.4) is 0 Å². The van der Waals surface area contributed by atoms with Crippen molar-refractivity contribution in [1.82, 2.24) is 14.9 Å². The molecule has 3 atom stereocenters. The molecule has 1 aliphatic carbocycles. The summed E-state index contributed by atoms with van der Waals surface area (Å²) in [5, 5.41) is 4.46. The number of nitrogens with one attached hydrogen (secondary N) is 1. The molecule has 0 radical (unpaired) electrons. The van der Waals surface area contributed by atoms with Gasteiger partial charge in [-0.05, 0) is 44.4 Å². The Morgan fingerprint density at radius 1 is 1.44 bits per heavy atom. The Balaban J connectivity index is 1.71. The molecule has 1 saturated carbocycles. The van der Waals surface area contributed by atoms with Crippen molar-refractivity contribution in [2.45, 2.75) is 56.4 Å². The van der Waals surface area contributed by atoms with E-state index in [1.54, 1.807) is 0 Å². The van der Waals surface area contributed by atoms with E-state index >= 15 is 0 Å². The molecule has 0 aromatic carbocycles. The molecule has 3 rings (SSSR count). The Kier molecular flexibility index (Phi) is 3.94. The molecule has 4 heteroatoms. The smallest absolute Gasteiger partial charge is 0.0951 e. The molecule has 100 valence electrons. The van der Waals surface area contributed by atoms with Gasteiger partial charge in [-0.25, -0.2) is 4.98 Å². The van der Waals surface area contributed by atoms with Gasteiger partial charge in [-0.15, -0.1) is 0 Å². The quantitative estimate of drug-likeness (QED) is 0.907. The van der Waals surface area contributed by atoms with Crippen LogP contribution in [-0.4, -0.2) is 27.1 Å². The lowest BCUT2D eigenvalue weighted by atomic mass is 10.1.